The highest BCUT2D eigenvalue weighted by Gasteiger charge is 2.55. The average molecular weight is 197 g/mol. The first-order chi connectivity index (χ1) is 6.75. The molecule has 0 spiro atoms. The van der Waals surface area contributed by atoms with Crippen LogP contribution in [0.15, 0.2) is 0 Å². The molecule has 0 saturated heterocycles. The van der Waals surface area contributed by atoms with Gasteiger partial charge in [-0.25, -0.2) is 0 Å². The summed E-state index contributed by atoms with van der Waals surface area (Å²) in [6.07, 6.45) is 7.00. The highest BCUT2D eigenvalue weighted by molar-refractivity contribution is 5.06. The summed E-state index contributed by atoms with van der Waals surface area (Å²) >= 11 is 0. The molecule has 1 N–H and O–H groups in total. The highest BCUT2D eigenvalue weighted by atomic mass is 14.9. The van der Waals surface area contributed by atoms with Crippen LogP contribution in [0.5, 0.6) is 0 Å². The molecule has 0 amide bonds. The topological polar surface area (TPSA) is 12.0 Å². The van der Waals surface area contributed by atoms with Crippen LogP contribution in [0.3, 0.4) is 0 Å². The molecule has 1 rings (SSSR count). The van der Waals surface area contributed by atoms with E-state index in [4.69, 9.17) is 0 Å². The summed E-state index contributed by atoms with van der Waals surface area (Å²) in [4.78, 5) is 0. The summed E-state index contributed by atoms with van der Waals surface area (Å²) in [7, 11) is 2.10. The molecular weight excluding hydrogens is 170 g/mol. The predicted molar refractivity (Wildman–Crippen MR) is 63.4 cm³/mol. The fourth-order valence-electron chi connectivity index (χ4n) is 3.43. The fraction of sp³-hybridized carbons (Fsp3) is 1.00. The standard InChI is InChI=1S/C13H27N/c1-5-8-12-9-13(12,10-14-4)11(6-2)7-3/h11-12,14H,5-10H2,1-4H3. The van der Waals surface area contributed by atoms with Crippen LogP contribution in [0.4, 0.5) is 0 Å². The molecule has 1 saturated carbocycles. The first-order valence-corrected chi connectivity index (χ1v) is 6.39. The lowest BCUT2D eigenvalue weighted by Gasteiger charge is -2.26. The van der Waals surface area contributed by atoms with Crippen molar-refractivity contribution in [3.8, 4) is 0 Å². The smallest absolute Gasteiger partial charge is 0.00102 e. The van der Waals surface area contributed by atoms with E-state index in [9.17, 15) is 0 Å². The second-order valence-corrected chi connectivity index (χ2v) is 4.97. The van der Waals surface area contributed by atoms with Crippen LogP contribution in [-0.4, -0.2) is 13.6 Å². The van der Waals surface area contributed by atoms with E-state index in [0.717, 1.165) is 11.8 Å². The molecule has 0 heterocycles. The summed E-state index contributed by atoms with van der Waals surface area (Å²) in [6, 6.07) is 0. The Bertz CT molecular complexity index is 163. The Morgan fingerprint density at radius 1 is 1.29 bits per heavy atom. The van der Waals surface area contributed by atoms with Crippen LogP contribution < -0.4 is 5.32 Å². The third-order valence-electron chi connectivity index (χ3n) is 4.22. The quantitative estimate of drug-likeness (QED) is 0.659. The van der Waals surface area contributed by atoms with Crippen LogP contribution in [0.25, 0.3) is 0 Å². The van der Waals surface area contributed by atoms with Gasteiger partial charge in [0.15, 0.2) is 0 Å². The van der Waals surface area contributed by atoms with Gasteiger partial charge in [-0.2, -0.15) is 0 Å². The Balaban J connectivity index is 2.56. The van der Waals surface area contributed by atoms with Gasteiger partial charge in [0.05, 0.1) is 0 Å². The Kier molecular flexibility index (Phi) is 4.43. The lowest BCUT2D eigenvalue weighted by atomic mass is 9.82. The highest BCUT2D eigenvalue weighted by Crippen LogP contribution is 2.61. The van der Waals surface area contributed by atoms with E-state index in [2.05, 4.69) is 33.1 Å². The van der Waals surface area contributed by atoms with E-state index in [1.165, 1.54) is 38.6 Å². The first-order valence-electron chi connectivity index (χ1n) is 6.39. The summed E-state index contributed by atoms with van der Waals surface area (Å²) in [5, 5.41) is 3.41. The minimum atomic E-state index is 0.675. The van der Waals surface area contributed by atoms with Crippen molar-refractivity contribution in [1.82, 2.24) is 5.32 Å². The third-order valence-corrected chi connectivity index (χ3v) is 4.22. The van der Waals surface area contributed by atoms with Gasteiger partial charge in [0, 0.05) is 6.54 Å². The van der Waals surface area contributed by atoms with E-state index >= 15 is 0 Å². The molecule has 0 bridgehead atoms. The number of hydrogen-bond donors (Lipinski definition) is 1. The van der Waals surface area contributed by atoms with Crippen molar-refractivity contribution in [3.63, 3.8) is 0 Å². The van der Waals surface area contributed by atoms with Gasteiger partial charge < -0.3 is 5.32 Å². The maximum Gasteiger partial charge on any atom is 0.00102 e. The molecule has 14 heavy (non-hydrogen) atoms. The molecule has 0 aromatic carbocycles. The zero-order chi connectivity index (χ0) is 10.6. The van der Waals surface area contributed by atoms with Crippen molar-refractivity contribution in [2.75, 3.05) is 13.6 Å². The summed E-state index contributed by atoms with van der Waals surface area (Å²) < 4.78 is 0. The largest absolute Gasteiger partial charge is 0.319 e. The van der Waals surface area contributed by atoms with Gasteiger partial charge >= 0.3 is 0 Å². The van der Waals surface area contributed by atoms with Gasteiger partial charge in [-0.15, -0.1) is 0 Å². The SMILES string of the molecule is CCCC1CC1(CNC)C(CC)CC. The molecule has 84 valence electrons. The summed E-state index contributed by atoms with van der Waals surface area (Å²) in [5.74, 6) is 1.97. The molecule has 1 aliphatic carbocycles. The molecule has 2 atom stereocenters. The van der Waals surface area contributed by atoms with E-state index in [1.807, 2.05) is 0 Å². The Labute approximate surface area is 89.7 Å². The molecule has 0 radical (unpaired) electrons. The second kappa shape index (κ2) is 5.16. The maximum absolute atomic E-state index is 3.41. The van der Waals surface area contributed by atoms with Gasteiger partial charge in [0.1, 0.15) is 0 Å². The lowest BCUT2D eigenvalue weighted by Crippen LogP contribution is -2.29. The Hall–Kier alpha value is -0.0400. The molecule has 0 aromatic heterocycles. The second-order valence-electron chi connectivity index (χ2n) is 4.97. The Morgan fingerprint density at radius 3 is 2.36 bits per heavy atom. The van der Waals surface area contributed by atoms with Crippen LogP contribution in [-0.2, 0) is 0 Å². The normalized spacial score (nSPS) is 31.1. The van der Waals surface area contributed by atoms with Crippen LogP contribution >= 0.6 is 0 Å². The van der Waals surface area contributed by atoms with Gasteiger partial charge in [-0.1, -0.05) is 46.5 Å². The van der Waals surface area contributed by atoms with Crippen LogP contribution in [0, 0.1) is 17.3 Å². The third kappa shape index (κ3) is 2.13. The van der Waals surface area contributed by atoms with Gasteiger partial charge in [-0.3, -0.25) is 0 Å². The first kappa shape index (κ1) is 12.0. The number of nitrogens with one attached hydrogen (secondary N) is 1. The van der Waals surface area contributed by atoms with Crippen molar-refractivity contribution >= 4 is 0 Å². The van der Waals surface area contributed by atoms with Gasteiger partial charge in [0.2, 0.25) is 0 Å². The van der Waals surface area contributed by atoms with Crippen molar-refractivity contribution in [2.24, 2.45) is 17.3 Å². The molecule has 1 aliphatic rings. The summed E-state index contributed by atoms with van der Waals surface area (Å²) in [5.41, 5.74) is 0.675. The zero-order valence-electron chi connectivity index (χ0n) is 10.4. The molecular formula is C13H27N. The van der Waals surface area contributed by atoms with E-state index < -0.39 is 0 Å². The predicted octanol–water partition coefficient (Wildman–Crippen LogP) is 3.45. The van der Waals surface area contributed by atoms with Crippen LogP contribution in [0.1, 0.15) is 52.9 Å². The van der Waals surface area contributed by atoms with Crippen molar-refractivity contribution in [1.29, 1.82) is 0 Å². The molecule has 1 heteroatoms. The lowest BCUT2D eigenvalue weighted by molar-refractivity contribution is 0.251. The van der Waals surface area contributed by atoms with E-state index in [0.29, 0.717) is 5.41 Å². The minimum Gasteiger partial charge on any atom is -0.319 e. The van der Waals surface area contributed by atoms with Crippen molar-refractivity contribution in [3.05, 3.63) is 0 Å². The average Bonchev–Trinajstić information content (AvgIpc) is 2.83. The van der Waals surface area contributed by atoms with Crippen molar-refractivity contribution in [2.45, 2.75) is 52.9 Å². The number of hydrogen-bond acceptors (Lipinski definition) is 1. The molecule has 2 unspecified atom stereocenters. The van der Waals surface area contributed by atoms with Gasteiger partial charge in [0.25, 0.3) is 0 Å². The van der Waals surface area contributed by atoms with Gasteiger partial charge in [-0.05, 0) is 30.7 Å². The minimum absolute atomic E-state index is 0.675. The maximum atomic E-state index is 3.41. The van der Waals surface area contributed by atoms with Crippen molar-refractivity contribution < 1.29 is 0 Å². The monoisotopic (exact) mass is 197 g/mol. The molecule has 0 aromatic rings. The molecule has 1 fully saturated rings. The molecule has 1 nitrogen and oxygen atoms in total. The molecule has 0 aliphatic heterocycles. The summed E-state index contributed by atoms with van der Waals surface area (Å²) in [6.45, 7) is 8.26. The number of rotatable bonds is 7. The van der Waals surface area contributed by atoms with Crippen LogP contribution in [0.2, 0.25) is 0 Å². The van der Waals surface area contributed by atoms with E-state index in [-0.39, 0.29) is 0 Å². The Morgan fingerprint density at radius 2 is 1.93 bits per heavy atom. The van der Waals surface area contributed by atoms with E-state index in [1.54, 1.807) is 0 Å². The zero-order valence-corrected chi connectivity index (χ0v) is 10.4. The fourth-order valence-corrected chi connectivity index (χ4v) is 3.43.